The van der Waals surface area contributed by atoms with Crippen LogP contribution in [-0.2, 0) is 6.54 Å². The maximum atomic E-state index is 11.5. The number of nitrogens with zero attached hydrogens (tertiary/aromatic N) is 3. The molecule has 0 bridgehead atoms. The van der Waals surface area contributed by atoms with Crippen LogP contribution in [0.5, 0.6) is 0 Å². The van der Waals surface area contributed by atoms with Crippen molar-refractivity contribution in [2.24, 2.45) is 0 Å². The summed E-state index contributed by atoms with van der Waals surface area (Å²) < 4.78 is 0. The number of H-pyrrole nitrogens is 1. The summed E-state index contributed by atoms with van der Waals surface area (Å²) >= 11 is 0. The normalized spacial score (nSPS) is 10.7. The molecule has 4 N–H and O–H groups in total. The lowest BCUT2D eigenvalue weighted by Gasteiger charge is -2.00. The van der Waals surface area contributed by atoms with E-state index in [0.717, 1.165) is 0 Å². The van der Waals surface area contributed by atoms with Crippen molar-refractivity contribution in [3.63, 3.8) is 0 Å². The van der Waals surface area contributed by atoms with Gasteiger partial charge in [-0.15, -0.1) is 0 Å². The lowest BCUT2D eigenvalue weighted by atomic mass is 10.4. The van der Waals surface area contributed by atoms with Gasteiger partial charge in [-0.05, 0) is 7.05 Å². The molecule has 2 heterocycles. The van der Waals surface area contributed by atoms with E-state index in [2.05, 4.69) is 25.3 Å². The van der Waals surface area contributed by atoms with Crippen LogP contribution in [0.1, 0.15) is 5.69 Å². The Morgan fingerprint density at radius 2 is 2.33 bits per heavy atom. The van der Waals surface area contributed by atoms with Crippen LogP contribution in [0.15, 0.2) is 11.0 Å². The molecule has 7 heteroatoms. The van der Waals surface area contributed by atoms with Gasteiger partial charge in [0.25, 0.3) is 5.56 Å². The lowest BCUT2D eigenvalue weighted by Crippen LogP contribution is -2.15. The second-order valence-electron chi connectivity index (χ2n) is 3.02. The third kappa shape index (κ3) is 1.77. The summed E-state index contributed by atoms with van der Waals surface area (Å²) in [6.45, 7) is 0.548. The molecule has 15 heavy (non-hydrogen) atoms. The van der Waals surface area contributed by atoms with Crippen molar-refractivity contribution < 1.29 is 0 Å². The maximum Gasteiger partial charge on any atom is 0.280 e. The molecule has 0 saturated heterocycles. The van der Waals surface area contributed by atoms with E-state index in [9.17, 15) is 4.79 Å². The van der Waals surface area contributed by atoms with Gasteiger partial charge in [0.1, 0.15) is 0 Å². The largest absolute Gasteiger partial charge is 0.369 e. The van der Waals surface area contributed by atoms with Crippen LogP contribution in [-0.4, -0.2) is 27.0 Å². The number of hydrogen-bond acceptors (Lipinski definition) is 6. The van der Waals surface area contributed by atoms with Gasteiger partial charge in [-0.25, -0.2) is 9.97 Å². The number of hydrogen-bond donors (Lipinski definition) is 3. The van der Waals surface area contributed by atoms with Gasteiger partial charge in [-0.2, -0.15) is 4.98 Å². The summed E-state index contributed by atoms with van der Waals surface area (Å²) in [6.07, 6.45) is 1.56. The fraction of sp³-hybridized carbons (Fsp3) is 0.250. The molecular weight excluding hydrogens is 196 g/mol. The molecule has 2 aromatic rings. The van der Waals surface area contributed by atoms with Gasteiger partial charge in [-0.1, -0.05) is 0 Å². The summed E-state index contributed by atoms with van der Waals surface area (Å²) in [5, 5.41) is 2.92. The van der Waals surface area contributed by atoms with E-state index in [4.69, 9.17) is 5.73 Å². The van der Waals surface area contributed by atoms with E-state index in [1.54, 1.807) is 13.2 Å². The molecule has 0 unspecified atom stereocenters. The third-order valence-corrected chi connectivity index (χ3v) is 1.84. The number of nitrogens with two attached hydrogens (primary N) is 1. The highest BCUT2D eigenvalue weighted by Gasteiger charge is 2.05. The Labute approximate surface area is 84.8 Å². The lowest BCUT2D eigenvalue weighted by molar-refractivity contribution is 0.789. The summed E-state index contributed by atoms with van der Waals surface area (Å²) in [4.78, 5) is 25.8. The first kappa shape index (κ1) is 9.53. The molecule has 0 aliphatic carbocycles. The second-order valence-corrected chi connectivity index (χ2v) is 3.02. The average molecular weight is 206 g/mol. The first-order chi connectivity index (χ1) is 7.20. The van der Waals surface area contributed by atoms with E-state index in [-0.39, 0.29) is 22.7 Å². The Morgan fingerprint density at radius 1 is 1.53 bits per heavy atom. The topological polar surface area (TPSA) is 110 Å². The van der Waals surface area contributed by atoms with Crippen molar-refractivity contribution in [3.05, 3.63) is 22.2 Å². The molecule has 7 nitrogen and oxygen atoms in total. The molecule has 0 fully saturated rings. The van der Waals surface area contributed by atoms with Crippen LogP contribution in [0.25, 0.3) is 11.2 Å². The van der Waals surface area contributed by atoms with Crippen LogP contribution in [0, 0.1) is 0 Å². The first-order valence-corrected chi connectivity index (χ1v) is 4.36. The summed E-state index contributed by atoms with van der Waals surface area (Å²) in [5.74, 6) is 0.0446. The van der Waals surface area contributed by atoms with Gasteiger partial charge < -0.3 is 11.1 Å². The van der Waals surface area contributed by atoms with Gasteiger partial charge in [0, 0.05) is 6.54 Å². The van der Waals surface area contributed by atoms with Crippen LogP contribution < -0.4 is 16.6 Å². The fourth-order valence-corrected chi connectivity index (χ4v) is 1.24. The van der Waals surface area contributed by atoms with Gasteiger partial charge in [0.2, 0.25) is 5.95 Å². The van der Waals surface area contributed by atoms with E-state index in [1.807, 2.05) is 0 Å². The monoisotopic (exact) mass is 206 g/mol. The fourth-order valence-electron chi connectivity index (χ4n) is 1.24. The molecule has 0 aromatic carbocycles. The van der Waals surface area contributed by atoms with Crippen molar-refractivity contribution in [3.8, 4) is 0 Å². The van der Waals surface area contributed by atoms with Gasteiger partial charge in [0.15, 0.2) is 11.2 Å². The minimum absolute atomic E-state index is 0.0446. The highest BCUT2D eigenvalue weighted by molar-refractivity contribution is 5.69. The average Bonchev–Trinajstić information content (AvgIpc) is 2.19. The van der Waals surface area contributed by atoms with E-state index >= 15 is 0 Å². The Hall–Kier alpha value is -2.02. The molecule has 0 atom stereocenters. The Bertz CT molecular complexity index is 548. The molecule has 0 spiro atoms. The number of anilines is 1. The van der Waals surface area contributed by atoms with Crippen LogP contribution in [0.3, 0.4) is 0 Å². The van der Waals surface area contributed by atoms with Crippen molar-refractivity contribution in [1.82, 2.24) is 25.3 Å². The minimum Gasteiger partial charge on any atom is -0.369 e. The Kier molecular flexibility index (Phi) is 2.30. The minimum atomic E-state index is -0.372. The number of nitrogen functional groups attached to an aromatic ring is 1. The molecular formula is C8H10N6O. The number of fused-ring (bicyclic) bond motifs is 1. The second kappa shape index (κ2) is 3.62. The number of aromatic amines is 1. The van der Waals surface area contributed by atoms with Crippen molar-refractivity contribution in [2.75, 3.05) is 12.8 Å². The molecule has 0 radical (unpaired) electrons. The number of aromatic nitrogens is 4. The molecule has 0 aliphatic heterocycles. The molecule has 2 aromatic heterocycles. The summed E-state index contributed by atoms with van der Waals surface area (Å²) in [7, 11) is 1.79. The molecule has 0 aliphatic rings. The van der Waals surface area contributed by atoms with Crippen LogP contribution in [0.4, 0.5) is 5.95 Å². The molecule has 0 saturated carbocycles. The first-order valence-electron chi connectivity index (χ1n) is 4.36. The standard InChI is InChI=1S/C8H10N6O/c1-10-2-4-3-11-6-5(12-4)7(15)14-8(9)13-6/h3,10H,2H2,1H3,(H3,9,11,13,14,15). The van der Waals surface area contributed by atoms with Gasteiger partial charge in [-0.3, -0.25) is 9.78 Å². The quantitative estimate of drug-likeness (QED) is 0.582. The zero-order valence-corrected chi connectivity index (χ0v) is 8.11. The summed E-state index contributed by atoms with van der Waals surface area (Å²) in [5.41, 5.74) is 6.15. The van der Waals surface area contributed by atoms with E-state index in [0.29, 0.717) is 12.2 Å². The van der Waals surface area contributed by atoms with Crippen molar-refractivity contribution in [2.45, 2.75) is 6.54 Å². The van der Waals surface area contributed by atoms with Crippen molar-refractivity contribution in [1.29, 1.82) is 0 Å². The third-order valence-electron chi connectivity index (χ3n) is 1.84. The van der Waals surface area contributed by atoms with Crippen LogP contribution >= 0.6 is 0 Å². The van der Waals surface area contributed by atoms with E-state index in [1.165, 1.54) is 0 Å². The Balaban J connectivity index is 2.66. The van der Waals surface area contributed by atoms with Gasteiger partial charge in [0.05, 0.1) is 11.9 Å². The number of rotatable bonds is 2. The predicted octanol–water partition coefficient (Wildman–Crippen LogP) is -0.985. The number of nitrogens with one attached hydrogen (secondary N) is 2. The van der Waals surface area contributed by atoms with Gasteiger partial charge >= 0.3 is 0 Å². The molecule has 2 rings (SSSR count). The molecule has 0 amide bonds. The zero-order chi connectivity index (χ0) is 10.8. The maximum absolute atomic E-state index is 11.5. The summed E-state index contributed by atoms with van der Waals surface area (Å²) in [6, 6.07) is 0. The highest BCUT2D eigenvalue weighted by atomic mass is 16.1. The van der Waals surface area contributed by atoms with Crippen LogP contribution in [0.2, 0.25) is 0 Å². The Morgan fingerprint density at radius 3 is 3.07 bits per heavy atom. The van der Waals surface area contributed by atoms with E-state index < -0.39 is 0 Å². The van der Waals surface area contributed by atoms with Crippen molar-refractivity contribution >= 4 is 17.1 Å². The zero-order valence-electron chi connectivity index (χ0n) is 8.11. The predicted molar refractivity (Wildman–Crippen MR) is 55.1 cm³/mol. The smallest absolute Gasteiger partial charge is 0.280 e. The highest BCUT2D eigenvalue weighted by Crippen LogP contribution is 2.02. The SMILES string of the molecule is CNCc1cnc2nc(N)[nH]c(=O)c2n1. The molecule has 78 valence electrons.